The molecule has 13 heavy (non-hydrogen) atoms. The fourth-order valence-electron chi connectivity index (χ4n) is 1.22. The van der Waals surface area contributed by atoms with Gasteiger partial charge in [-0.3, -0.25) is 4.68 Å². The Labute approximate surface area is 78.9 Å². The zero-order valence-corrected chi connectivity index (χ0v) is 8.45. The number of ether oxygens (including phenoxy) is 1. The van der Waals surface area contributed by atoms with Gasteiger partial charge in [-0.25, -0.2) is 0 Å². The summed E-state index contributed by atoms with van der Waals surface area (Å²) in [5, 5.41) is 7.35. The Morgan fingerprint density at radius 2 is 2.46 bits per heavy atom. The molecule has 4 heteroatoms. The van der Waals surface area contributed by atoms with E-state index < -0.39 is 0 Å². The van der Waals surface area contributed by atoms with Crippen LogP contribution in [0.4, 0.5) is 0 Å². The quantitative estimate of drug-likeness (QED) is 0.731. The molecule has 1 N–H and O–H groups in total. The fraction of sp³-hybridized carbons (Fsp3) is 0.667. The lowest BCUT2D eigenvalue weighted by Gasteiger charge is -2.13. The first-order chi connectivity index (χ1) is 6.27. The second-order valence-corrected chi connectivity index (χ2v) is 2.98. The summed E-state index contributed by atoms with van der Waals surface area (Å²) in [6.45, 7) is 3.87. The van der Waals surface area contributed by atoms with Gasteiger partial charge >= 0.3 is 0 Å². The lowest BCUT2D eigenvalue weighted by molar-refractivity contribution is 0.103. The van der Waals surface area contributed by atoms with Crippen molar-refractivity contribution in [3.8, 4) is 0 Å². The predicted octanol–water partition coefficient (Wildman–Crippen LogP) is 0.717. The minimum Gasteiger partial charge on any atom is -0.375 e. The molecule has 1 atom stereocenters. The normalized spacial score (nSPS) is 13.2. The molecular formula is C9H17N3O. The highest BCUT2D eigenvalue weighted by Gasteiger charge is 2.10. The third-order valence-electron chi connectivity index (χ3n) is 1.96. The fourth-order valence-corrected chi connectivity index (χ4v) is 1.22. The van der Waals surface area contributed by atoms with Crippen LogP contribution in [0.3, 0.4) is 0 Å². The van der Waals surface area contributed by atoms with Gasteiger partial charge in [0.15, 0.2) is 0 Å². The highest BCUT2D eigenvalue weighted by Crippen LogP contribution is 2.13. The minimum absolute atomic E-state index is 0.105. The van der Waals surface area contributed by atoms with E-state index in [1.54, 1.807) is 11.8 Å². The molecule has 0 fully saturated rings. The average molecular weight is 183 g/mol. The first-order valence-electron chi connectivity index (χ1n) is 4.50. The number of hydrogen-bond acceptors (Lipinski definition) is 3. The van der Waals surface area contributed by atoms with E-state index in [-0.39, 0.29) is 6.10 Å². The molecule has 0 spiro atoms. The summed E-state index contributed by atoms with van der Waals surface area (Å²) in [7, 11) is 3.62. The number of rotatable bonds is 5. The van der Waals surface area contributed by atoms with Gasteiger partial charge in [-0.2, -0.15) is 5.10 Å². The lowest BCUT2D eigenvalue weighted by atomic mass is 10.2. The summed E-state index contributed by atoms with van der Waals surface area (Å²) in [6.07, 6.45) is 3.92. The van der Waals surface area contributed by atoms with Gasteiger partial charge in [0, 0.05) is 32.5 Å². The topological polar surface area (TPSA) is 39.1 Å². The Balaban J connectivity index is 2.56. The van der Waals surface area contributed by atoms with Crippen LogP contribution in [0.25, 0.3) is 0 Å². The Bertz CT molecular complexity index is 247. The third kappa shape index (κ3) is 2.82. The summed E-state index contributed by atoms with van der Waals surface area (Å²) in [5.74, 6) is 0. The van der Waals surface area contributed by atoms with Crippen LogP contribution >= 0.6 is 0 Å². The Morgan fingerprint density at radius 3 is 2.92 bits per heavy atom. The lowest BCUT2D eigenvalue weighted by Crippen LogP contribution is -2.22. The van der Waals surface area contributed by atoms with Crippen molar-refractivity contribution in [1.82, 2.24) is 15.1 Å². The molecule has 0 saturated carbocycles. The predicted molar refractivity (Wildman–Crippen MR) is 51.5 cm³/mol. The molecule has 1 unspecified atom stereocenters. The number of aromatic nitrogens is 2. The molecule has 0 aromatic carbocycles. The second kappa shape index (κ2) is 4.99. The molecule has 0 bridgehead atoms. The van der Waals surface area contributed by atoms with Gasteiger partial charge in [0.25, 0.3) is 0 Å². The van der Waals surface area contributed by atoms with Gasteiger partial charge in [-0.15, -0.1) is 0 Å². The zero-order valence-electron chi connectivity index (χ0n) is 8.45. The molecule has 4 nitrogen and oxygen atoms in total. The first kappa shape index (κ1) is 10.2. The summed E-state index contributed by atoms with van der Waals surface area (Å²) < 4.78 is 7.12. The molecule has 0 aliphatic rings. The average Bonchev–Trinajstić information content (AvgIpc) is 2.54. The molecular weight excluding hydrogens is 166 g/mol. The van der Waals surface area contributed by atoms with E-state index in [1.807, 2.05) is 19.4 Å². The Hall–Kier alpha value is -0.870. The van der Waals surface area contributed by atoms with Gasteiger partial charge in [-0.1, -0.05) is 6.92 Å². The van der Waals surface area contributed by atoms with E-state index in [0.29, 0.717) is 0 Å². The Morgan fingerprint density at radius 1 is 1.69 bits per heavy atom. The molecule has 1 rings (SSSR count). The summed E-state index contributed by atoms with van der Waals surface area (Å²) in [5.41, 5.74) is 1.12. The third-order valence-corrected chi connectivity index (χ3v) is 1.96. The van der Waals surface area contributed by atoms with E-state index in [9.17, 15) is 0 Å². The van der Waals surface area contributed by atoms with Gasteiger partial charge < -0.3 is 10.1 Å². The van der Waals surface area contributed by atoms with Gasteiger partial charge in [-0.05, 0) is 6.54 Å². The van der Waals surface area contributed by atoms with Crippen LogP contribution in [0.2, 0.25) is 0 Å². The SMILES string of the molecule is CCNCC(OC)c1cnn(C)c1. The van der Waals surface area contributed by atoms with Crippen LogP contribution < -0.4 is 5.32 Å². The van der Waals surface area contributed by atoms with Gasteiger partial charge in [0.05, 0.1) is 12.3 Å². The van der Waals surface area contributed by atoms with Gasteiger partial charge in [0.1, 0.15) is 0 Å². The standard InChI is InChI=1S/C9H17N3O/c1-4-10-6-9(13-3)8-5-11-12(2)7-8/h5,7,9-10H,4,6H2,1-3H3. The van der Waals surface area contributed by atoms with E-state index in [1.165, 1.54) is 0 Å². The van der Waals surface area contributed by atoms with Crippen molar-refractivity contribution < 1.29 is 4.74 Å². The van der Waals surface area contributed by atoms with Crippen LogP contribution in [0.1, 0.15) is 18.6 Å². The van der Waals surface area contributed by atoms with Crippen molar-refractivity contribution in [1.29, 1.82) is 0 Å². The van der Waals surface area contributed by atoms with E-state index in [2.05, 4.69) is 17.3 Å². The van der Waals surface area contributed by atoms with Crippen LogP contribution in [0, 0.1) is 0 Å². The number of methoxy groups -OCH3 is 1. The molecule has 74 valence electrons. The van der Waals surface area contributed by atoms with Crippen molar-refractivity contribution in [3.63, 3.8) is 0 Å². The molecule has 0 amide bonds. The van der Waals surface area contributed by atoms with E-state index in [4.69, 9.17) is 4.74 Å². The summed E-state index contributed by atoms with van der Waals surface area (Å²) in [4.78, 5) is 0. The molecule has 0 aliphatic carbocycles. The molecule has 0 radical (unpaired) electrons. The largest absolute Gasteiger partial charge is 0.375 e. The van der Waals surface area contributed by atoms with Crippen LogP contribution in [-0.4, -0.2) is 30.0 Å². The molecule has 0 aliphatic heterocycles. The van der Waals surface area contributed by atoms with E-state index in [0.717, 1.165) is 18.7 Å². The number of likely N-dealkylation sites (N-methyl/N-ethyl adjacent to an activating group) is 1. The van der Waals surface area contributed by atoms with Gasteiger partial charge in [0.2, 0.25) is 0 Å². The van der Waals surface area contributed by atoms with Crippen molar-refractivity contribution in [2.24, 2.45) is 7.05 Å². The molecule has 0 saturated heterocycles. The number of hydrogen-bond donors (Lipinski definition) is 1. The molecule has 1 heterocycles. The highest BCUT2D eigenvalue weighted by molar-refractivity contribution is 5.08. The summed E-state index contributed by atoms with van der Waals surface area (Å²) >= 11 is 0. The summed E-state index contributed by atoms with van der Waals surface area (Å²) in [6, 6.07) is 0. The number of aryl methyl sites for hydroxylation is 1. The molecule has 1 aromatic rings. The maximum Gasteiger partial charge on any atom is 0.0975 e. The monoisotopic (exact) mass is 183 g/mol. The highest BCUT2D eigenvalue weighted by atomic mass is 16.5. The van der Waals surface area contributed by atoms with Crippen molar-refractivity contribution in [2.45, 2.75) is 13.0 Å². The smallest absolute Gasteiger partial charge is 0.0975 e. The first-order valence-corrected chi connectivity index (χ1v) is 4.50. The second-order valence-electron chi connectivity index (χ2n) is 2.98. The van der Waals surface area contributed by atoms with Crippen LogP contribution in [0.5, 0.6) is 0 Å². The van der Waals surface area contributed by atoms with E-state index >= 15 is 0 Å². The Kier molecular flexibility index (Phi) is 3.92. The number of nitrogens with one attached hydrogen (secondary N) is 1. The van der Waals surface area contributed by atoms with Crippen molar-refractivity contribution >= 4 is 0 Å². The minimum atomic E-state index is 0.105. The van der Waals surface area contributed by atoms with Crippen LogP contribution in [-0.2, 0) is 11.8 Å². The zero-order chi connectivity index (χ0) is 9.68. The maximum absolute atomic E-state index is 5.34. The van der Waals surface area contributed by atoms with Crippen molar-refractivity contribution in [3.05, 3.63) is 18.0 Å². The number of nitrogens with zero attached hydrogens (tertiary/aromatic N) is 2. The van der Waals surface area contributed by atoms with Crippen molar-refractivity contribution in [2.75, 3.05) is 20.2 Å². The molecule has 1 aromatic heterocycles. The maximum atomic E-state index is 5.34. The van der Waals surface area contributed by atoms with Crippen LogP contribution in [0.15, 0.2) is 12.4 Å².